The second-order valence-corrected chi connectivity index (χ2v) is 3.77. The van der Waals surface area contributed by atoms with Crippen LogP contribution in [0.15, 0.2) is 0 Å². The van der Waals surface area contributed by atoms with Gasteiger partial charge in [-0.2, -0.15) is 0 Å². The Hall–Kier alpha value is -1.30. The largest absolute Gasteiger partial charge is 0.372 e. The Balaban J connectivity index is 2.41. The molecular weight excluding hydrogens is 198 g/mol. The molecular formula is C9H17N3O3. The predicted octanol–water partition coefficient (Wildman–Crippen LogP) is -0.709. The van der Waals surface area contributed by atoms with E-state index >= 15 is 0 Å². The van der Waals surface area contributed by atoms with Crippen LogP contribution in [0.1, 0.15) is 13.8 Å². The fraction of sp³-hybridized carbons (Fsp3) is 0.778. The summed E-state index contributed by atoms with van der Waals surface area (Å²) in [5.74, 6) is -0.129. The Morgan fingerprint density at radius 2 is 1.93 bits per heavy atom. The summed E-state index contributed by atoms with van der Waals surface area (Å²) in [5.41, 5.74) is 4.88. The van der Waals surface area contributed by atoms with E-state index in [1.54, 1.807) is 4.90 Å². The molecule has 6 heteroatoms. The van der Waals surface area contributed by atoms with Gasteiger partial charge in [0.25, 0.3) is 0 Å². The normalized spacial score (nSPS) is 26.1. The highest BCUT2D eigenvalue weighted by Gasteiger charge is 2.25. The molecule has 0 aromatic heterocycles. The van der Waals surface area contributed by atoms with Gasteiger partial charge in [-0.25, -0.2) is 4.79 Å². The SMILES string of the molecule is CC1CN(C(=O)CNC(N)=O)CC(C)O1. The Labute approximate surface area is 88.7 Å². The molecule has 1 aliphatic heterocycles. The van der Waals surface area contributed by atoms with Crippen LogP contribution >= 0.6 is 0 Å². The zero-order chi connectivity index (χ0) is 11.4. The average molecular weight is 215 g/mol. The van der Waals surface area contributed by atoms with Gasteiger partial charge < -0.3 is 20.7 Å². The van der Waals surface area contributed by atoms with Crippen LogP contribution in [0.4, 0.5) is 4.79 Å². The number of carbonyl (C=O) groups excluding carboxylic acids is 2. The van der Waals surface area contributed by atoms with Gasteiger partial charge in [-0.1, -0.05) is 0 Å². The minimum atomic E-state index is -0.683. The number of morpholine rings is 1. The lowest BCUT2D eigenvalue weighted by atomic mass is 10.2. The number of ether oxygens (including phenoxy) is 1. The van der Waals surface area contributed by atoms with Gasteiger partial charge in [-0.3, -0.25) is 4.79 Å². The van der Waals surface area contributed by atoms with Crippen LogP contribution < -0.4 is 11.1 Å². The number of nitrogens with two attached hydrogens (primary N) is 1. The van der Waals surface area contributed by atoms with Crippen LogP contribution in [-0.4, -0.2) is 48.7 Å². The first-order valence-corrected chi connectivity index (χ1v) is 4.95. The van der Waals surface area contributed by atoms with Gasteiger partial charge in [0.2, 0.25) is 5.91 Å². The van der Waals surface area contributed by atoms with Crippen molar-refractivity contribution in [3.8, 4) is 0 Å². The second-order valence-electron chi connectivity index (χ2n) is 3.77. The van der Waals surface area contributed by atoms with Crippen molar-refractivity contribution in [3.05, 3.63) is 0 Å². The van der Waals surface area contributed by atoms with Crippen LogP contribution in [0.5, 0.6) is 0 Å². The lowest BCUT2D eigenvalue weighted by Gasteiger charge is -2.35. The van der Waals surface area contributed by atoms with E-state index in [0.717, 1.165) is 0 Å². The van der Waals surface area contributed by atoms with Crippen LogP contribution in [0, 0.1) is 0 Å². The highest BCUT2D eigenvalue weighted by Crippen LogP contribution is 2.10. The van der Waals surface area contributed by atoms with Crippen molar-refractivity contribution in [2.75, 3.05) is 19.6 Å². The Bertz CT molecular complexity index is 247. The molecule has 2 atom stereocenters. The van der Waals surface area contributed by atoms with E-state index in [0.29, 0.717) is 13.1 Å². The third-order valence-corrected chi connectivity index (χ3v) is 2.19. The number of amides is 3. The molecule has 0 spiro atoms. The molecule has 1 fully saturated rings. The number of hydrogen-bond acceptors (Lipinski definition) is 3. The fourth-order valence-electron chi connectivity index (χ4n) is 1.66. The van der Waals surface area contributed by atoms with Gasteiger partial charge in [-0.05, 0) is 13.8 Å². The molecule has 1 rings (SSSR count). The van der Waals surface area contributed by atoms with Crippen molar-refractivity contribution in [1.82, 2.24) is 10.2 Å². The predicted molar refractivity (Wildman–Crippen MR) is 54.2 cm³/mol. The maximum Gasteiger partial charge on any atom is 0.312 e. The van der Waals surface area contributed by atoms with Gasteiger partial charge in [0, 0.05) is 13.1 Å². The monoisotopic (exact) mass is 215 g/mol. The van der Waals surface area contributed by atoms with Crippen molar-refractivity contribution in [1.29, 1.82) is 0 Å². The summed E-state index contributed by atoms with van der Waals surface area (Å²) in [6.45, 7) is 4.90. The van der Waals surface area contributed by atoms with Crippen molar-refractivity contribution >= 4 is 11.9 Å². The highest BCUT2D eigenvalue weighted by atomic mass is 16.5. The summed E-state index contributed by atoms with van der Waals surface area (Å²) in [5, 5.41) is 2.28. The second kappa shape index (κ2) is 4.97. The first-order valence-electron chi connectivity index (χ1n) is 4.95. The molecule has 0 aromatic carbocycles. The lowest BCUT2D eigenvalue weighted by molar-refractivity contribution is -0.142. The molecule has 1 saturated heterocycles. The van der Waals surface area contributed by atoms with E-state index in [-0.39, 0.29) is 24.7 Å². The molecule has 1 aliphatic rings. The lowest BCUT2D eigenvalue weighted by Crippen LogP contribution is -2.51. The number of rotatable bonds is 2. The average Bonchev–Trinajstić information content (AvgIpc) is 2.12. The fourth-order valence-corrected chi connectivity index (χ4v) is 1.66. The van der Waals surface area contributed by atoms with Gasteiger partial charge in [0.1, 0.15) is 0 Å². The van der Waals surface area contributed by atoms with E-state index in [1.807, 2.05) is 13.8 Å². The zero-order valence-corrected chi connectivity index (χ0v) is 9.03. The molecule has 0 radical (unpaired) electrons. The van der Waals surface area contributed by atoms with Crippen LogP contribution in [0.25, 0.3) is 0 Å². The standard InChI is InChI=1S/C9H17N3O3/c1-6-4-12(5-7(2)15-6)8(13)3-11-9(10)14/h6-7H,3-5H2,1-2H3,(H3,10,11,14). The third kappa shape index (κ3) is 3.75. The van der Waals surface area contributed by atoms with E-state index in [4.69, 9.17) is 10.5 Å². The molecule has 3 N–H and O–H groups in total. The molecule has 15 heavy (non-hydrogen) atoms. The Morgan fingerprint density at radius 1 is 1.40 bits per heavy atom. The first-order chi connectivity index (χ1) is 6.99. The molecule has 0 bridgehead atoms. The van der Waals surface area contributed by atoms with Gasteiger partial charge >= 0.3 is 6.03 Å². The highest BCUT2D eigenvalue weighted by molar-refractivity contribution is 5.83. The minimum Gasteiger partial charge on any atom is -0.372 e. The van der Waals surface area contributed by atoms with Crippen LogP contribution in [0.2, 0.25) is 0 Å². The van der Waals surface area contributed by atoms with E-state index in [9.17, 15) is 9.59 Å². The van der Waals surface area contributed by atoms with Crippen molar-refractivity contribution < 1.29 is 14.3 Å². The van der Waals surface area contributed by atoms with Gasteiger partial charge in [0.05, 0.1) is 18.8 Å². The van der Waals surface area contributed by atoms with Gasteiger partial charge in [0.15, 0.2) is 0 Å². The molecule has 6 nitrogen and oxygen atoms in total. The summed E-state index contributed by atoms with van der Waals surface area (Å²) in [6, 6.07) is -0.683. The Kier molecular flexibility index (Phi) is 3.90. The molecule has 0 saturated carbocycles. The zero-order valence-electron chi connectivity index (χ0n) is 9.03. The Morgan fingerprint density at radius 3 is 2.40 bits per heavy atom. The quantitative estimate of drug-likeness (QED) is 0.638. The number of nitrogens with one attached hydrogen (secondary N) is 1. The molecule has 1 heterocycles. The smallest absolute Gasteiger partial charge is 0.312 e. The number of hydrogen-bond donors (Lipinski definition) is 2. The molecule has 2 unspecified atom stereocenters. The summed E-state index contributed by atoms with van der Waals surface area (Å²) in [6.07, 6.45) is 0.0672. The first kappa shape index (κ1) is 11.8. The minimum absolute atomic E-state index is 0.0336. The topological polar surface area (TPSA) is 84.7 Å². The van der Waals surface area contributed by atoms with Crippen LogP contribution in [-0.2, 0) is 9.53 Å². The van der Waals surface area contributed by atoms with Gasteiger partial charge in [-0.15, -0.1) is 0 Å². The molecule has 0 aliphatic carbocycles. The van der Waals surface area contributed by atoms with Crippen molar-refractivity contribution in [2.45, 2.75) is 26.1 Å². The maximum absolute atomic E-state index is 11.6. The van der Waals surface area contributed by atoms with E-state index in [1.165, 1.54) is 0 Å². The van der Waals surface area contributed by atoms with Crippen molar-refractivity contribution in [3.63, 3.8) is 0 Å². The summed E-state index contributed by atoms with van der Waals surface area (Å²) in [7, 11) is 0. The number of carbonyl (C=O) groups is 2. The molecule has 0 aromatic rings. The van der Waals surface area contributed by atoms with E-state index < -0.39 is 6.03 Å². The summed E-state index contributed by atoms with van der Waals surface area (Å²) < 4.78 is 5.49. The third-order valence-electron chi connectivity index (χ3n) is 2.19. The van der Waals surface area contributed by atoms with E-state index in [2.05, 4.69) is 5.32 Å². The summed E-state index contributed by atoms with van der Waals surface area (Å²) in [4.78, 5) is 23.7. The van der Waals surface area contributed by atoms with Crippen LogP contribution in [0.3, 0.4) is 0 Å². The molecule has 86 valence electrons. The number of primary amides is 1. The number of nitrogens with zero attached hydrogens (tertiary/aromatic N) is 1. The maximum atomic E-state index is 11.6. The summed E-state index contributed by atoms with van der Waals surface area (Å²) >= 11 is 0. The van der Waals surface area contributed by atoms with Crippen molar-refractivity contribution in [2.24, 2.45) is 5.73 Å². The number of urea groups is 1. The molecule has 3 amide bonds.